The van der Waals surface area contributed by atoms with Gasteiger partial charge in [0.05, 0.1) is 18.9 Å². The van der Waals surface area contributed by atoms with E-state index in [4.69, 9.17) is 9.47 Å². The van der Waals surface area contributed by atoms with Gasteiger partial charge in [0, 0.05) is 55.7 Å². The largest absolute Gasteiger partial charge is 0.487 e. The predicted molar refractivity (Wildman–Crippen MR) is 137 cm³/mol. The van der Waals surface area contributed by atoms with Crippen molar-refractivity contribution in [2.75, 3.05) is 55.7 Å². The Morgan fingerprint density at radius 2 is 1.56 bits per heavy atom. The third kappa shape index (κ3) is 4.38. The molecule has 1 atom stereocenters. The Hall–Kier alpha value is -3.02. The Balaban J connectivity index is 1.13. The Labute approximate surface area is 202 Å². The van der Waals surface area contributed by atoms with E-state index in [1.54, 1.807) is 0 Å². The molecule has 6 rings (SSSR count). The van der Waals surface area contributed by atoms with Gasteiger partial charge in [0.15, 0.2) is 0 Å². The second-order valence-corrected chi connectivity index (χ2v) is 9.51. The number of anilines is 3. The number of rotatable bonds is 5. The molecule has 1 unspecified atom stereocenters. The molecule has 0 aliphatic carbocycles. The Morgan fingerprint density at radius 3 is 2.41 bits per heavy atom. The van der Waals surface area contributed by atoms with Crippen molar-refractivity contribution in [3.8, 4) is 5.75 Å². The van der Waals surface area contributed by atoms with Crippen molar-refractivity contribution >= 4 is 17.1 Å². The summed E-state index contributed by atoms with van der Waals surface area (Å²) in [6, 6.07) is 26.8. The molecule has 0 amide bonds. The van der Waals surface area contributed by atoms with E-state index in [2.05, 4.69) is 87.5 Å². The molecule has 3 aromatic carbocycles. The molecule has 176 valence electrons. The van der Waals surface area contributed by atoms with Gasteiger partial charge in [0.1, 0.15) is 12.4 Å². The van der Waals surface area contributed by atoms with Crippen LogP contribution in [-0.4, -0.2) is 56.9 Å². The van der Waals surface area contributed by atoms with Crippen molar-refractivity contribution in [2.45, 2.75) is 25.5 Å². The van der Waals surface area contributed by atoms with Gasteiger partial charge in [0.2, 0.25) is 0 Å². The maximum Gasteiger partial charge on any atom is 0.143 e. The molecule has 5 nitrogen and oxygen atoms in total. The van der Waals surface area contributed by atoms with Gasteiger partial charge >= 0.3 is 0 Å². The molecule has 0 radical (unpaired) electrons. The SMILES string of the molecule is c1ccc2c(c1)COc1ccccc1N2C1CCN(CCc2ccc(N3CCOCC3)cc2)C1. The number of morpholine rings is 1. The van der Waals surface area contributed by atoms with Crippen LogP contribution in [0.1, 0.15) is 17.5 Å². The quantitative estimate of drug-likeness (QED) is 0.547. The Morgan fingerprint density at radius 1 is 0.794 bits per heavy atom. The van der Waals surface area contributed by atoms with Gasteiger partial charge in [-0.2, -0.15) is 0 Å². The molecule has 2 saturated heterocycles. The van der Waals surface area contributed by atoms with Crippen LogP contribution in [-0.2, 0) is 17.8 Å². The van der Waals surface area contributed by atoms with Gasteiger partial charge in [-0.15, -0.1) is 0 Å². The summed E-state index contributed by atoms with van der Waals surface area (Å²) in [4.78, 5) is 7.57. The zero-order chi connectivity index (χ0) is 22.7. The van der Waals surface area contributed by atoms with Crippen molar-refractivity contribution < 1.29 is 9.47 Å². The fourth-order valence-electron chi connectivity index (χ4n) is 5.53. The first kappa shape index (κ1) is 21.5. The van der Waals surface area contributed by atoms with Crippen LogP contribution in [0.15, 0.2) is 72.8 Å². The molecule has 0 N–H and O–H groups in total. The summed E-state index contributed by atoms with van der Waals surface area (Å²) in [5, 5.41) is 0. The lowest BCUT2D eigenvalue weighted by Crippen LogP contribution is -2.36. The van der Waals surface area contributed by atoms with Gasteiger partial charge in [-0.1, -0.05) is 42.5 Å². The molecule has 3 heterocycles. The molecular formula is C29H33N3O2. The first-order valence-corrected chi connectivity index (χ1v) is 12.6. The highest BCUT2D eigenvalue weighted by atomic mass is 16.5. The first-order chi connectivity index (χ1) is 16.8. The van der Waals surface area contributed by atoms with Crippen LogP contribution in [0.25, 0.3) is 0 Å². The summed E-state index contributed by atoms with van der Waals surface area (Å²) in [5.41, 5.74) is 6.47. The second-order valence-electron chi connectivity index (χ2n) is 9.51. The highest BCUT2D eigenvalue weighted by Crippen LogP contribution is 2.42. The van der Waals surface area contributed by atoms with Crippen LogP contribution in [0.2, 0.25) is 0 Å². The van der Waals surface area contributed by atoms with E-state index < -0.39 is 0 Å². The number of para-hydroxylation sites is 3. The maximum atomic E-state index is 6.18. The van der Waals surface area contributed by atoms with Gasteiger partial charge < -0.3 is 24.2 Å². The fourth-order valence-corrected chi connectivity index (χ4v) is 5.53. The van der Waals surface area contributed by atoms with E-state index in [0.717, 1.165) is 58.1 Å². The van der Waals surface area contributed by atoms with Crippen molar-refractivity contribution in [3.63, 3.8) is 0 Å². The molecule has 5 heteroatoms. The third-order valence-electron chi connectivity index (χ3n) is 7.40. The first-order valence-electron chi connectivity index (χ1n) is 12.6. The Kier molecular flexibility index (Phi) is 6.13. The van der Waals surface area contributed by atoms with Crippen LogP contribution in [0.4, 0.5) is 17.1 Å². The van der Waals surface area contributed by atoms with E-state index in [1.165, 1.54) is 34.6 Å². The van der Waals surface area contributed by atoms with Crippen molar-refractivity contribution in [1.29, 1.82) is 0 Å². The third-order valence-corrected chi connectivity index (χ3v) is 7.40. The lowest BCUT2D eigenvalue weighted by Gasteiger charge is -2.32. The highest BCUT2D eigenvalue weighted by molar-refractivity contribution is 5.73. The highest BCUT2D eigenvalue weighted by Gasteiger charge is 2.32. The second kappa shape index (κ2) is 9.69. The normalized spacial score (nSPS) is 20.4. The van der Waals surface area contributed by atoms with Crippen LogP contribution in [0.5, 0.6) is 5.75 Å². The Bertz CT molecular complexity index is 1060. The minimum Gasteiger partial charge on any atom is -0.487 e. The standard InChI is InChI=1S/C29H33N3O2/c1-2-6-27-24(5-1)22-34-29-8-4-3-7-28(29)32(27)26-14-16-30(21-26)15-13-23-9-11-25(12-10-23)31-17-19-33-20-18-31/h1-12,26H,13-22H2. The summed E-state index contributed by atoms with van der Waals surface area (Å²) >= 11 is 0. The van der Waals surface area contributed by atoms with Gasteiger partial charge in [-0.3, -0.25) is 0 Å². The molecule has 3 aromatic rings. The molecular weight excluding hydrogens is 422 g/mol. The van der Waals surface area contributed by atoms with E-state index >= 15 is 0 Å². The molecule has 0 saturated carbocycles. The minimum atomic E-state index is 0.452. The molecule has 3 aliphatic heterocycles. The maximum absolute atomic E-state index is 6.18. The van der Waals surface area contributed by atoms with Crippen LogP contribution >= 0.6 is 0 Å². The molecule has 0 bridgehead atoms. The number of fused-ring (bicyclic) bond motifs is 2. The number of nitrogens with zero attached hydrogens (tertiary/aromatic N) is 3. The van der Waals surface area contributed by atoms with Gasteiger partial charge in [-0.05, 0) is 48.7 Å². The minimum absolute atomic E-state index is 0.452. The number of hydrogen-bond acceptors (Lipinski definition) is 5. The zero-order valence-electron chi connectivity index (χ0n) is 19.7. The van der Waals surface area contributed by atoms with Crippen molar-refractivity contribution in [2.24, 2.45) is 0 Å². The lowest BCUT2D eigenvalue weighted by atomic mass is 10.1. The molecule has 34 heavy (non-hydrogen) atoms. The predicted octanol–water partition coefficient (Wildman–Crippen LogP) is 4.87. The molecule has 0 aromatic heterocycles. The lowest BCUT2D eigenvalue weighted by molar-refractivity contribution is 0.122. The number of likely N-dealkylation sites (tertiary alicyclic amines) is 1. The van der Waals surface area contributed by atoms with Crippen LogP contribution < -0.4 is 14.5 Å². The smallest absolute Gasteiger partial charge is 0.143 e. The number of hydrogen-bond donors (Lipinski definition) is 0. The number of ether oxygens (including phenoxy) is 2. The number of benzene rings is 3. The monoisotopic (exact) mass is 455 g/mol. The van der Waals surface area contributed by atoms with E-state index in [-0.39, 0.29) is 0 Å². The van der Waals surface area contributed by atoms with E-state index in [0.29, 0.717) is 12.6 Å². The van der Waals surface area contributed by atoms with Crippen molar-refractivity contribution in [1.82, 2.24) is 4.90 Å². The average molecular weight is 456 g/mol. The molecule has 3 aliphatic rings. The van der Waals surface area contributed by atoms with Gasteiger partial charge in [0.25, 0.3) is 0 Å². The fraction of sp³-hybridized carbons (Fsp3) is 0.379. The topological polar surface area (TPSA) is 28.2 Å². The summed E-state index contributed by atoms with van der Waals surface area (Å²) in [7, 11) is 0. The summed E-state index contributed by atoms with van der Waals surface area (Å²) in [6.07, 6.45) is 2.25. The van der Waals surface area contributed by atoms with Crippen molar-refractivity contribution in [3.05, 3.63) is 83.9 Å². The molecule has 2 fully saturated rings. The van der Waals surface area contributed by atoms with Gasteiger partial charge in [-0.25, -0.2) is 0 Å². The van der Waals surface area contributed by atoms with E-state index in [1.807, 2.05) is 0 Å². The average Bonchev–Trinajstić information content (AvgIpc) is 3.30. The summed E-state index contributed by atoms with van der Waals surface area (Å²) in [6.45, 7) is 7.57. The van der Waals surface area contributed by atoms with Crippen LogP contribution in [0.3, 0.4) is 0 Å². The van der Waals surface area contributed by atoms with Crippen LogP contribution in [0, 0.1) is 0 Å². The summed E-state index contributed by atoms with van der Waals surface area (Å²) < 4.78 is 11.7. The zero-order valence-corrected chi connectivity index (χ0v) is 19.7. The van der Waals surface area contributed by atoms with E-state index in [9.17, 15) is 0 Å². The molecule has 0 spiro atoms. The summed E-state index contributed by atoms with van der Waals surface area (Å²) in [5.74, 6) is 0.984.